The lowest BCUT2D eigenvalue weighted by atomic mass is 10.1. The van der Waals surface area contributed by atoms with E-state index in [0.717, 1.165) is 22.8 Å². The van der Waals surface area contributed by atoms with E-state index in [-0.39, 0.29) is 0 Å². The summed E-state index contributed by atoms with van der Waals surface area (Å²) in [5.74, 6) is 1.49. The molecule has 0 spiro atoms. The molecule has 0 amide bonds. The number of benzene rings is 2. The second-order valence-corrected chi connectivity index (χ2v) is 6.24. The fraction of sp³-hybridized carbons (Fsp3) is 0.200. The van der Waals surface area contributed by atoms with Gasteiger partial charge in [0.2, 0.25) is 5.95 Å². The summed E-state index contributed by atoms with van der Waals surface area (Å²) in [6, 6.07) is 21.0. The van der Waals surface area contributed by atoms with Gasteiger partial charge in [-0.2, -0.15) is 4.98 Å². The first-order chi connectivity index (χ1) is 11.8. The van der Waals surface area contributed by atoms with Crippen molar-refractivity contribution in [3.8, 4) is 11.3 Å². The molecule has 1 saturated carbocycles. The second kappa shape index (κ2) is 6.32. The summed E-state index contributed by atoms with van der Waals surface area (Å²) in [7, 11) is 0. The summed E-state index contributed by atoms with van der Waals surface area (Å²) >= 11 is 0. The lowest BCUT2D eigenvalue weighted by molar-refractivity contribution is 1.06. The van der Waals surface area contributed by atoms with Gasteiger partial charge in [0, 0.05) is 23.4 Å². The normalized spacial score (nSPS) is 13.5. The number of hydrogen-bond donors (Lipinski definition) is 2. The molecule has 4 heteroatoms. The van der Waals surface area contributed by atoms with E-state index in [1.165, 1.54) is 18.4 Å². The van der Waals surface area contributed by atoms with Crippen molar-refractivity contribution in [2.75, 3.05) is 10.6 Å². The molecule has 0 saturated heterocycles. The van der Waals surface area contributed by atoms with E-state index in [1.807, 2.05) is 24.3 Å². The van der Waals surface area contributed by atoms with Crippen LogP contribution < -0.4 is 10.6 Å². The van der Waals surface area contributed by atoms with Crippen molar-refractivity contribution < 1.29 is 0 Å². The van der Waals surface area contributed by atoms with E-state index in [1.54, 1.807) is 0 Å². The molecule has 4 nitrogen and oxygen atoms in total. The van der Waals surface area contributed by atoms with Crippen molar-refractivity contribution >= 4 is 17.5 Å². The molecular weight excluding hydrogens is 296 g/mol. The first kappa shape index (κ1) is 14.7. The van der Waals surface area contributed by atoms with Gasteiger partial charge in [0.05, 0.1) is 5.69 Å². The molecule has 0 unspecified atom stereocenters. The number of hydrogen-bond acceptors (Lipinski definition) is 4. The van der Waals surface area contributed by atoms with Crippen LogP contribution in [0.15, 0.2) is 60.7 Å². The standard InChI is InChI=1S/C20H20N4/c1-14-7-9-16(10-8-14)21-19-13-18(15-5-3-2-4-6-15)23-20(24-19)22-17-11-12-17/h2-10,13,17H,11-12H2,1H3,(H2,21,22,23,24). The Morgan fingerprint density at radius 3 is 2.38 bits per heavy atom. The molecule has 2 aromatic carbocycles. The van der Waals surface area contributed by atoms with Crippen LogP contribution in [0.2, 0.25) is 0 Å². The van der Waals surface area contributed by atoms with E-state index in [2.05, 4.69) is 63.9 Å². The topological polar surface area (TPSA) is 49.8 Å². The van der Waals surface area contributed by atoms with Gasteiger partial charge in [-0.05, 0) is 31.9 Å². The zero-order chi connectivity index (χ0) is 16.4. The quantitative estimate of drug-likeness (QED) is 0.712. The van der Waals surface area contributed by atoms with Crippen LogP contribution in [-0.2, 0) is 0 Å². The zero-order valence-corrected chi connectivity index (χ0v) is 13.7. The van der Waals surface area contributed by atoms with Crippen LogP contribution in [0.3, 0.4) is 0 Å². The minimum Gasteiger partial charge on any atom is -0.351 e. The highest BCUT2D eigenvalue weighted by Gasteiger charge is 2.22. The molecule has 1 heterocycles. The van der Waals surface area contributed by atoms with E-state index in [9.17, 15) is 0 Å². The van der Waals surface area contributed by atoms with Crippen LogP contribution in [-0.4, -0.2) is 16.0 Å². The largest absolute Gasteiger partial charge is 0.351 e. The molecule has 0 bridgehead atoms. The summed E-state index contributed by atoms with van der Waals surface area (Å²) in [6.07, 6.45) is 2.39. The maximum Gasteiger partial charge on any atom is 0.225 e. The lowest BCUT2D eigenvalue weighted by Crippen LogP contribution is -2.07. The molecule has 0 radical (unpaired) electrons. The Kier molecular flexibility index (Phi) is 3.87. The Hall–Kier alpha value is -2.88. The van der Waals surface area contributed by atoms with Crippen molar-refractivity contribution in [2.24, 2.45) is 0 Å². The third-order valence-electron chi connectivity index (χ3n) is 4.03. The minimum absolute atomic E-state index is 0.517. The van der Waals surface area contributed by atoms with Crippen molar-refractivity contribution in [1.29, 1.82) is 0 Å². The minimum atomic E-state index is 0.517. The van der Waals surface area contributed by atoms with Crippen LogP contribution in [0.1, 0.15) is 18.4 Å². The number of aromatic nitrogens is 2. The van der Waals surface area contributed by atoms with Crippen molar-refractivity contribution in [3.05, 3.63) is 66.2 Å². The molecule has 1 aliphatic rings. The molecule has 0 aliphatic heterocycles. The van der Waals surface area contributed by atoms with Crippen molar-refractivity contribution in [3.63, 3.8) is 0 Å². The summed E-state index contributed by atoms with van der Waals surface area (Å²) in [4.78, 5) is 9.30. The van der Waals surface area contributed by atoms with Gasteiger partial charge in [0.1, 0.15) is 5.82 Å². The van der Waals surface area contributed by atoms with E-state index in [4.69, 9.17) is 0 Å². The predicted octanol–water partition coefficient (Wildman–Crippen LogP) is 4.77. The number of aryl methyl sites for hydroxylation is 1. The molecule has 4 rings (SSSR count). The molecule has 120 valence electrons. The van der Waals surface area contributed by atoms with E-state index in [0.29, 0.717) is 12.0 Å². The van der Waals surface area contributed by atoms with E-state index < -0.39 is 0 Å². The summed E-state index contributed by atoms with van der Waals surface area (Å²) in [6.45, 7) is 2.08. The number of nitrogens with one attached hydrogen (secondary N) is 2. The zero-order valence-electron chi connectivity index (χ0n) is 13.7. The van der Waals surface area contributed by atoms with Gasteiger partial charge >= 0.3 is 0 Å². The molecule has 24 heavy (non-hydrogen) atoms. The number of rotatable bonds is 5. The molecule has 0 atom stereocenters. The maximum atomic E-state index is 4.68. The van der Waals surface area contributed by atoms with Crippen LogP contribution in [0.5, 0.6) is 0 Å². The Bertz CT molecular complexity index is 824. The van der Waals surface area contributed by atoms with Gasteiger partial charge in [0.15, 0.2) is 0 Å². The monoisotopic (exact) mass is 316 g/mol. The van der Waals surface area contributed by atoms with Crippen LogP contribution in [0.25, 0.3) is 11.3 Å². The van der Waals surface area contributed by atoms with Gasteiger partial charge in [-0.1, -0.05) is 48.0 Å². The second-order valence-electron chi connectivity index (χ2n) is 6.24. The van der Waals surface area contributed by atoms with Gasteiger partial charge in [-0.15, -0.1) is 0 Å². The molecular formula is C20H20N4. The number of nitrogens with zero attached hydrogens (tertiary/aromatic N) is 2. The molecule has 3 aromatic rings. The highest BCUT2D eigenvalue weighted by atomic mass is 15.2. The SMILES string of the molecule is Cc1ccc(Nc2cc(-c3ccccc3)nc(NC3CC3)n2)cc1. The van der Waals surface area contributed by atoms with Gasteiger partial charge in [-0.3, -0.25) is 0 Å². The first-order valence-electron chi connectivity index (χ1n) is 8.31. The average molecular weight is 316 g/mol. The van der Waals surface area contributed by atoms with Gasteiger partial charge in [0.25, 0.3) is 0 Å². The Balaban J connectivity index is 1.67. The summed E-state index contributed by atoms with van der Waals surface area (Å²) in [5, 5.41) is 6.78. The maximum absolute atomic E-state index is 4.68. The van der Waals surface area contributed by atoms with Crippen molar-refractivity contribution in [1.82, 2.24) is 9.97 Å². The van der Waals surface area contributed by atoms with Crippen molar-refractivity contribution in [2.45, 2.75) is 25.8 Å². The lowest BCUT2D eigenvalue weighted by Gasteiger charge is -2.11. The highest BCUT2D eigenvalue weighted by Crippen LogP contribution is 2.27. The molecule has 2 N–H and O–H groups in total. The molecule has 1 aliphatic carbocycles. The van der Waals surface area contributed by atoms with E-state index >= 15 is 0 Å². The Morgan fingerprint density at radius 1 is 0.917 bits per heavy atom. The van der Waals surface area contributed by atoms with Gasteiger partial charge < -0.3 is 10.6 Å². The predicted molar refractivity (Wildman–Crippen MR) is 98.6 cm³/mol. The third kappa shape index (κ3) is 3.54. The van der Waals surface area contributed by atoms with Crippen LogP contribution >= 0.6 is 0 Å². The third-order valence-corrected chi connectivity index (χ3v) is 4.03. The average Bonchev–Trinajstić information content (AvgIpc) is 3.42. The summed E-state index contributed by atoms with van der Waals surface area (Å²) in [5.41, 5.74) is 4.27. The first-order valence-corrected chi connectivity index (χ1v) is 8.31. The van der Waals surface area contributed by atoms with Gasteiger partial charge in [-0.25, -0.2) is 4.98 Å². The Labute approximate surface area is 142 Å². The molecule has 1 fully saturated rings. The smallest absolute Gasteiger partial charge is 0.225 e. The summed E-state index contributed by atoms with van der Waals surface area (Å²) < 4.78 is 0. The number of anilines is 3. The molecule has 1 aromatic heterocycles. The fourth-order valence-electron chi connectivity index (χ4n) is 2.53. The fourth-order valence-corrected chi connectivity index (χ4v) is 2.53. The highest BCUT2D eigenvalue weighted by molar-refractivity contribution is 5.67. The van der Waals surface area contributed by atoms with Crippen LogP contribution in [0.4, 0.5) is 17.5 Å². The van der Waals surface area contributed by atoms with Crippen LogP contribution in [0, 0.1) is 6.92 Å². The Morgan fingerprint density at radius 2 is 1.67 bits per heavy atom.